The summed E-state index contributed by atoms with van der Waals surface area (Å²) in [5.74, 6) is -3.40. The molecule has 0 spiro atoms. The van der Waals surface area contributed by atoms with Crippen LogP contribution in [-0.4, -0.2) is 5.11 Å². The van der Waals surface area contributed by atoms with Gasteiger partial charge in [-0.15, -0.1) is 0 Å². The average molecular weight is 307 g/mol. The van der Waals surface area contributed by atoms with Crippen LogP contribution < -0.4 is 0 Å². The molecule has 2 rings (SSSR count). The molecule has 1 atom stereocenters. The van der Waals surface area contributed by atoms with E-state index in [0.29, 0.717) is 12.1 Å². The molecule has 1 N–H and O–H groups in total. The maximum atomic E-state index is 13.5. The van der Waals surface area contributed by atoms with Crippen LogP contribution in [0.4, 0.5) is 13.2 Å². The summed E-state index contributed by atoms with van der Waals surface area (Å²) in [6, 6.07) is 5.05. The summed E-state index contributed by atoms with van der Waals surface area (Å²) >= 11 is 11.5. The topological polar surface area (TPSA) is 20.2 Å². The normalized spacial score (nSPS) is 12.5. The Kier molecular flexibility index (Phi) is 4.04. The van der Waals surface area contributed by atoms with Crippen molar-refractivity contribution in [1.82, 2.24) is 0 Å². The molecule has 2 aromatic rings. The lowest BCUT2D eigenvalue weighted by atomic mass is 10.0. The highest BCUT2D eigenvalue weighted by molar-refractivity contribution is 6.42. The van der Waals surface area contributed by atoms with Gasteiger partial charge in [-0.1, -0.05) is 29.3 Å². The largest absolute Gasteiger partial charge is 0.383 e. The summed E-state index contributed by atoms with van der Waals surface area (Å²) < 4.78 is 39.8. The van der Waals surface area contributed by atoms with Crippen molar-refractivity contribution in [3.63, 3.8) is 0 Å². The summed E-state index contributed by atoms with van der Waals surface area (Å²) in [4.78, 5) is 0. The second-order valence-corrected chi connectivity index (χ2v) is 4.67. The van der Waals surface area contributed by atoms with Crippen molar-refractivity contribution in [2.24, 2.45) is 0 Å². The number of aliphatic hydroxyl groups excluding tert-OH is 1. The van der Waals surface area contributed by atoms with E-state index in [9.17, 15) is 18.3 Å². The van der Waals surface area contributed by atoms with Gasteiger partial charge in [0, 0.05) is 12.1 Å². The zero-order valence-electron chi connectivity index (χ0n) is 9.30. The molecule has 0 saturated heterocycles. The Morgan fingerprint density at radius 3 is 2.00 bits per heavy atom. The summed E-state index contributed by atoms with van der Waals surface area (Å²) in [6.45, 7) is 0. The van der Waals surface area contributed by atoms with E-state index in [-0.39, 0.29) is 15.6 Å². The molecule has 6 heteroatoms. The van der Waals surface area contributed by atoms with Crippen LogP contribution in [0.15, 0.2) is 30.3 Å². The minimum absolute atomic E-state index is 0.140. The van der Waals surface area contributed by atoms with Crippen LogP contribution in [0.2, 0.25) is 10.0 Å². The predicted molar refractivity (Wildman–Crippen MR) is 66.8 cm³/mol. The Hall–Kier alpha value is -1.23. The zero-order valence-corrected chi connectivity index (χ0v) is 10.8. The molecular formula is C13H7Cl2F3O. The summed E-state index contributed by atoms with van der Waals surface area (Å²) in [5, 5.41) is 10.3. The van der Waals surface area contributed by atoms with E-state index in [1.54, 1.807) is 0 Å². The molecule has 0 fully saturated rings. The number of hydrogen-bond donors (Lipinski definition) is 1. The van der Waals surface area contributed by atoms with E-state index in [4.69, 9.17) is 23.2 Å². The van der Waals surface area contributed by atoms with Crippen molar-refractivity contribution in [1.29, 1.82) is 0 Å². The molecule has 0 saturated carbocycles. The first kappa shape index (κ1) is 14.2. The van der Waals surface area contributed by atoms with Crippen LogP contribution in [0.25, 0.3) is 0 Å². The van der Waals surface area contributed by atoms with E-state index in [2.05, 4.69) is 0 Å². The second kappa shape index (κ2) is 5.41. The van der Waals surface area contributed by atoms with Crippen LogP contribution in [0.5, 0.6) is 0 Å². The van der Waals surface area contributed by atoms with E-state index in [1.165, 1.54) is 18.2 Å². The van der Waals surface area contributed by atoms with Gasteiger partial charge in [-0.3, -0.25) is 0 Å². The van der Waals surface area contributed by atoms with E-state index >= 15 is 0 Å². The molecule has 0 amide bonds. The quantitative estimate of drug-likeness (QED) is 0.866. The third-order valence-electron chi connectivity index (χ3n) is 2.58. The lowest BCUT2D eigenvalue weighted by molar-refractivity contribution is 0.208. The van der Waals surface area contributed by atoms with Crippen molar-refractivity contribution in [2.45, 2.75) is 6.10 Å². The SMILES string of the molecule is OC(c1ccc(Cl)c(Cl)c1)c1c(F)cc(F)cc1F. The maximum absolute atomic E-state index is 13.5. The maximum Gasteiger partial charge on any atom is 0.135 e. The molecule has 0 bridgehead atoms. The van der Waals surface area contributed by atoms with E-state index in [0.717, 1.165) is 0 Å². The van der Waals surface area contributed by atoms with E-state index in [1.807, 2.05) is 0 Å². The van der Waals surface area contributed by atoms with Gasteiger partial charge in [-0.25, -0.2) is 13.2 Å². The monoisotopic (exact) mass is 306 g/mol. The molecule has 0 aliphatic heterocycles. The average Bonchev–Trinajstić information content (AvgIpc) is 2.31. The number of halogens is 5. The molecule has 100 valence electrons. The molecule has 19 heavy (non-hydrogen) atoms. The third-order valence-corrected chi connectivity index (χ3v) is 3.32. The summed E-state index contributed by atoms with van der Waals surface area (Å²) in [5.41, 5.74) is -0.487. The summed E-state index contributed by atoms with van der Waals surface area (Å²) in [6.07, 6.45) is -1.60. The van der Waals surface area contributed by atoms with Crippen LogP contribution >= 0.6 is 23.2 Å². The van der Waals surface area contributed by atoms with Gasteiger partial charge in [0.15, 0.2) is 0 Å². The number of rotatable bonds is 2. The third kappa shape index (κ3) is 2.86. The van der Waals surface area contributed by atoms with Gasteiger partial charge < -0.3 is 5.11 Å². The fourth-order valence-electron chi connectivity index (χ4n) is 1.66. The Morgan fingerprint density at radius 1 is 0.895 bits per heavy atom. The highest BCUT2D eigenvalue weighted by Gasteiger charge is 2.21. The van der Waals surface area contributed by atoms with Gasteiger partial charge in [0.1, 0.15) is 23.6 Å². The smallest absolute Gasteiger partial charge is 0.135 e. The fourth-order valence-corrected chi connectivity index (χ4v) is 1.97. The van der Waals surface area contributed by atoms with Crippen LogP contribution in [-0.2, 0) is 0 Å². The standard InChI is InChI=1S/C13H7Cl2F3O/c14-8-2-1-6(3-9(8)15)13(19)12-10(17)4-7(16)5-11(12)18/h1-5,13,19H. The molecular weight excluding hydrogens is 300 g/mol. The van der Waals surface area contributed by atoms with Crippen molar-refractivity contribution >= 4 is 23.2 Å². The Balaban J connectivity index is 2.49. The molecule has 0 heterocycles. The number of aliphatic hydroxyl groups is 1. The van der Waals surface area contributed by atoms with Crippen molar-refractivity contribution < 1.29 is 18.3 Å². The zero-order chi connectivity index (χ0) is 14.2. The number of benzene rings is 2. The van der Waals surface area contributed by atoms with Crippen LogP contribution in [0.3, 0.4) is 0 Å². The molecule has 0 aliphatic rings. The van der Waals surface area contributed by atoms with Gasteiger partial charge in [-0.05, 0) is 17.7 Å². The van der Waals surface area contributed by atoms with E-state index < -0.39 is 29.1 Å². The molecule has 0 aromatic heterocycles. The van der Waals surface area contributed by atoms with Gasteiger partial charge in [0.2, 0.25) is 0 Å². The van der Waals surface area contributed by atoms with Gasteiger partial charge in [0.05, 0.1) is 15.6 Å². The van der Waals surface area contributed by atoms with Crippen molar-refractivity contribution in [3.8, 4) is 0 Å². The highest BCUT2D eigenvalue weighted by Crippen LogP contribution is 2.31. The first-order chi connectivity index (χ1) is 8.90. The van der Waals surface area contributed by atoms with Crippen molar-refractivity contribution in [2.75, 3.05) is 0 Å². The second-order valence-electron chi connectivity index (χ2n) is 3.86. The molecule has 0 aliphatic carbocycles. The Morgan fingerprint density at radius 2 is 1.47 bits per heavy atom. The first-order valence-corrected chi connectivity index (χ1v) is 5.93. The fraction of sp³-hybridized carbons (Fsp3) is 0.0769. The molecule has 1 unspecified atom stereocenters. The Bertz CT molecular complexity index is 608. The van der Waals surface area contributed by atoms with Crippen LogP contribution in [0, 0.1) is 17.5 Å². The lowest BCUT2D eigenvalue weighted by Gasteiger charge is -2.14. The molecule has 1 nitrogen and oxygen atoms in total. The minimum atomic E-state index is -1.60. The Labute approximate surface area is 117 Å². The number of hydrogen-bond acceptors (Lipinski definition) is 1. The predicted octanol–water partition coefficient (Wildman–Crippen LogP) is 4.49. The highest BCUT2D eigenvalue weighted by atomic mass is 35.5. The first-order valence-electron chi connectivity index (χ1n) is 5.17. The lowest BCUT2D eigenvalue weighted by Crippen LogP contribution is -2.06. The van der Waals surface area contributed by atoms with Crippen LogP contribution in [0.1, 0.15) is 17.2 Å². The molecule has 0 radical (unpaired) electrons. The van der Waals surface area contributed by atoms with Crippen molar-refractivity contribution in [3.05, 3.63) is 69.0 Å². The minimum Gasteiger partial charge on any atom is -0.383 e. The summed E-state index contributed by atoms with van der Waals surface area (Å²) in [7, 11) is 0. The van der Waals surface area contributed by atoms with Gasteiger partial charge >= 0.3 is 0 Å². The van der Waals surface area contributed by atoms with Gasteiger partial charge in [-0.2, -0.15) is 0 Å². The van der Waals surface area contributed by atoms with Gasteiger partial charge in [0.25, 0.3) is 0 Å². The molecule has 2 aromatic carbocycles.